The highest BCUT2D eigenvalue weighted by Gasteiger charge is 2.20. The summed E-state index contributed by atoms with van der Waals surface area (Å²) < 4.78 is 6.24. The van der Waals surface area contributed by atoms with E-state index in [1.165, 1.54) is 16.6 Å². The molecule has 5 N–H and O–H groups in total. The minimum Gasteiger partial charge on any atom is -0.487 e. The smallest absolute Gasteiger partial charge is 0.243 e. The van der Waals surface area contributed by atoms with Crippen LogP contribution in [0, 0.1) is 0 Å². The van der Waals surface area contributed by atoms with Gasteiger partial charge in [-0.25, -0.2) is 5.48 Å². The number of rotatable bonds is 6. The zero-order chi connectivity index (χ0) is 24.5. The number of carbonyl (C=O) groups is 2. The van der Waals surface area contributed by atoms with E-state index in [4.69, 9.17) is 9.94 Å². The molecular weight excluding hydrogens is 444 g/mol. The van der Waals surface area contributed by atoms with Crippen molar-refractivity contribution in [2.75, 3.05) is 11.9 Å². The molecule has 0 aliphatic carbocycles. The number of amides is 2. The number of hydroxylamine groups is 1. The van der Waals surface area contributed by atoms with Gasteiger partial charge in [0.1, 0.15) is 12.4 Å². The molecule has 8 heteroatoms. The van der Waals surface area contributed by atoms with Crippen molar-refractivity contribution in [2.45, 2.75) is 64.0 Å². The Morgan fingerprint density at radius 2 is 1.89 bits per heavy atom. The molecule has 1 atom stereocenters. The Kier molecular flexibility index (Phi) is 8.75. The summed E-state index contributed by atoms with van der Waals surface area (Å²) in [5.74, 6) is 0.176. The first-order valence-electron chi connectivity index (χ1n) is 12.4. The van der Waals surface area contributed by atoms with Crippen LogP contribution >= 0.6 is 0 Å². The number of H-pyrrole nitrogens is 1. The van der Waals surface area contributed by atoms with Crippen LogP contribution in [-0.4, -0.2) is 34.6 Å². The Morgan fingerprint density at radius 1 is 1.06 bits per heavy atom. The van der Waals surface area contributed by atoms with Crippen molar-refractivity contribution in [3.63, 3.8) is 0 Å². The molecule has 0 bridgehead atoms. The zero-order valence-electron chi connectivity index (χ0n) is 19.9. The van der Waals surface area contributed by atoms with Crippen LogP contribution in [0.3, 0.4) is 0 Å². The van der Waals surface area contributed by atoms with Gasteiger partial charge in [-0.15, -0.1) is 0 Å². The van der Waals surface area contributed by atoms with Crippen LogP contribution in [0.15, 0.2) is 48.5 Å². The number of aromatic nitrogens is 1. The van der Waals surface area contributed by atoms with Crippen molar-refractivity contribution in [1.82, 2.24) is 15.8 Å². The Labute approximate surface area is 205 Å². The summed E-state index contributed by atoms with van der Waals surface area (Å²) in [5.41, 5.74) is 5.79. The molecular formula is C27H34N4O4. The number of unbranched alkanes of at least 4 members (excludes halogenated alkanes) is 2. The Bertz CT molecular complexity index is 1140. The maximum absolute atomic E-state index is 13.2. The highest BCUT2D eigenvalue weighted by Crippen LogP contribution is 2.29. The summed E-state index contributed by atoms with van der Waals surface area (Å²) in [6.07, 6.45) is 6.09. The molecule has 2 amide bonds. The molecule has 0 saturated carbocycles. The van der Waals surface area contributed by atoms with Crippen LogP contribution in [0.4, 0.5) is 5.69 Å². The molecule has 0 spiro atoms. The lowest BCUT2D eigenvalue weighted by Gasteiger charge is -2.20. The van der Waals surface area contributed by atoms with Gasteiger partial charge in [0.2, 0.25) is 11.8 Å². The van der Waals surface area contributed by atoms with E-state index in [0.717, 1.165) is 44.2 Å². The molecule has 8 nitrogen and oxygen atoms in total. The lowest BCUT2D eigenvalue weighted by atomic mass is 10.0. The largest absolute Gasteiger partial charge is 0.487 e. The van der Waals surface area contributed by atoms with Gasteiger partial charge in [-0.2, -0.15) is 0 Å². The van der Waals surface area contributed by atoms with Crippen molar-refractivity contribution in [2.24, 2.45) is 0 Å². The third-order valence-electron chi connectivity index (χ3n) is 6.50. The van der Waals surface area contributed by atoms with Gasteiger partial charge < -0.3 is 20.4 Å². The van der Waals surface area contributed by atoms with Gasteiger partial charge in [-0.3, -0.25) is 14.8 Å². The SMILES string of the molecule is O=C(CCCCCC1NCCCCc2[nH]c3ccccc3c2COc2ccccc2NC1=O)NO. The fraction of sp³-hybridized carbons (Fsp3) is 0.407. The first kappa shape index (κ1) is 24.8. The second-order valence-electron chi connectivity index (χ2n) is 9.00. The molecule has 4 rings (SSSR count). The number of nitrogens with one attached hydrogen (secondary N) is 4. The van der Waals surface area contributed by atoms with Crippen molar-refractivity contribution in [1.29, 1.82) is 0 Å². The average Bonchev–Trinajstić information content (AvgIpc) is 3.23. The van der Waals surface area contributed by atoms with Crippen molar-refractivity contribution in [3.8, 4) is 5.75 Å². The summed E-state index contributed by atoms with van der Waals surface area (Å²) in [7, 11) is 0. The summed E-state index contributed by atoms with van der Waals surface area (Å²) in [6, 6.07) is 15.5. The topological polar surface area (TPSA) is 115 Å². The number of ether oxygens (including phenoxy) is 1. The molecule has 1 unspecified atom stereocenters. The maximum atomic E-state index is 13.2. The number of hydrogen-bond donors (Lipinski definition) is 5. The Hall–Kier alpha value is -3.36. The zero-order valence-corrected chi connectivity index (χ0v) is 19.9. The number of aryl methyl sites for hydroxylation is 1. The van der Waals surface area contributed by atoms with E-state index < -0.39 is 0 Å². The van der Waals surface area contributed by atoms with E-state index in [1.807, 2.05) is 36.4 Å². The maximum Gasteiger partial charge on any atom is 0.243 e. The van der Waals surface area contributed by atoms with Gasteiger partial charge >= 0.3 is 0 Å². The summed E-state index contributed by atoms with van der Waals surface area (Å²) in [5, 5.41) is 16.3. The minimum atomic E-state index is -0.381. The molecule has 0 saturated heterocycles. The highest BCUT2D eigenvalue weighted by molar-refractivity contribution is 5.96. The number of para-hydroxylation sites is 3. The van der Waals surface area contributed by atoms with Gasteiger partial charge in [0.25, 0.3) is 0 Å². The Morgan fingerprint density at radius 3 is 2.77 bits per heavy atom. The molecule has 1 aliphatic rings. The van der Waals surface area contributed by atoms with E-state index in [2.05, 4.69) is 27.8 Å². The normalized spacial score (nSPS) is 16.9. The second kappa shape index (κ2) is 12.4. The number of anilines is 1. The number of hydrogen-bond acceptors (Lipinski definition) is 5. The van der Waals surface area contributed by atoms with E-state index >= 15 is 0 Å². The molecule has 0 radical (unpaired) electrons. The van der Waals surface area contributed by atoms with Crippen LogP contribution < -0.4 is 20.9 Å². The second-order valence-corrected chi connectivity index (χ2v) is 9.00. The van der Waals surface area contributed by atoms with Crippen LogP contribution in [-0.2, 0) is 22.6 Å². The number of benzene rings is 2. The predicted octanol–water partition coefficient (Wildman–Crippen LogP) is 4.44. The summed E-state index contributed by atoms with van der Waals surface area (Å²) in [4.78, 5) is 27.9. The van der Waals surface area contributed by atoms with Crippen molar-refractivity contribution < 1.29 is 19.5 Å². The Balaban J connectivity index is 1.48. The monoisotopic (exact) mass is 478 g/mol. The van der Waals surface area contributed by atoms with Crippen LogP contribution in [0.25, 0.3) is 10.9 Å². The molecule has 2 aromatic carbocycles. The first-order chi connectivity index (χ1) is 17.2. The molecule has 1 aliphatic heterocycles. The quantitative estimate of drug-likeness (QED) is 0.204. The van der Waals surface area contributed by atoms with Crippen LogP contribution in [0.5, 0.6) is 5.75 Å². The number of aromatic amines is 1. The fourth-order valence-electron chi connectivity index (χ4n) is 4.60. The minimum absolute atomic E-state index is 0.0843. The summed E-state index contributed by atoms with van der Waals surface area (Å²) in [6.45, 7) is 1.17. The van der Waals surface area contributed by atoms with Crippen molar-refractivity contribution in [3.05, 3.63) is 59.8 Å². The molecule has 2 heterocycles. The molecule has 0 fully saturated rings. The molecule has 35 heavy (non-hydrogen) atoms. The van der Waals surface area contributed by atoms with Crippen LogP contribution in [0.2, 0.25) is 0 Å². The third kappa shape index (κ3) is 6.61. The van der Waals surface area contributed by atoms with E-state index in [9.17, 15) is 9.59 Å². The fourth-order valence-corrected chi connectivity index (χ4v) is 4.60. The van der Waals surface area contributed by atoms with Gasteiger partial charge in [0.15, 0.2) is 0 Å². The first-order valence-corrected chi connectivity index (χ1v) is 12.4. The van der Waals surface area contributed by atoms with E-state index in [0.29, 0.717) is 30.9 Å². The van der Waals surface area contributed by atoms with Gasteiger partial charge in [-0.1, -0.05) is 43.2 Å². The predicted molar refractivity (Wildman–Crippen MR) is 135 cm³/mol. The lowest BCUT2D eigenvalue weighted by molar-refractivity contribution is -0.129. The van der Waals surface area contributed by atoms with Crippen molar-refractivity contribution >= 4 is 28.4 Å². The summed E-state index contributed by atoms with van der Waals surface area (Å²) >= 11 is 0. The average molecular weight is 479 g/mol. The number of carbonyl (C=O) groups excluding carboxylic acids is 2. The highest BCUT2D eigenvalue weighted by atomic mass is 16.5. The molecule has 1 aromatic heterocycles. The number of fused-ring (bicyclic) bond motifs is 4. The van der Waals surface area contributed by atoms with E-state index in [1.54, 1.807) is 5.48 Å². The van der Waals surface area contributed by atoms with Crippen LogP contribution in [0.1, 0.15) is 56.2 Å². The van der Waals surface area contributed by atoms with Gasteiger partial charge in [0.05, 0.1) is 11.7 Å². The third-order valence-corrected chi connectivity index (χ3v) is 6.50. The lowest BCUT2D eigenvalue weighted by Crippen LogP contribution is -2.41. The van der Waals surface area contributed by atoms with E-state index in [-0.39, 0.29) is 24.3 Å². The molecule has 186 valence electrons. The van der Waals surface area contributed by atoms with Gasteiger partial charge in [-0.05, 0) is 56.8 Å². The van der Waals surface area contributed by atoms with Gasteiger partial charge in [0, 0.05) is 28.6 Å². The standard InChI is InChI=1S/C27H34N4O4/c32-26(31-34)16-3-1-2-14-24-27(33)30-23-13-6-7-15-25(23)35-18-20-19-10-4-5-11-21(19)29-22(20)12-8-9-17-28-24/h4-7,10-11,13,15,24,28-29,34H,1-3,8-9,12,14,16-18H2,(H,30,33)(H,31,32). The molecule has 3 aromatic rings.